The number of carbonyl (C=O) groups is 3. The maximum atomic E-state index is 10.9. The number of rotatable bonds is 2. The lowest BCUT2D eigenvalue weighted by atomic mass is 10.1. The first-order valence-electron chi connectivity index (χ1n) is 3.40. The van der Waals surface area contributed by atoms with Crippen LogP contribution in [-0.2, 0) is 14.4 Å². The molecule has 12 heavy (non-hydrogen) atoms. The van der Waals surface area contributed by atoms with Crippen LogP contribution < -0.4 is 5.32 Å². The molecule has 0 aromatic heterocycles. The van der Waals surface area contributed by atoms with Gasteiger partial charge in [-0.25, -0.2) is 4.79 Å². The average Bonchev–Trinajstić information content (AvgIpc) is 2.24. The lowest BCUT2D eigenvalue weighted by molar-refractivity contribution is -0.134. The van der Waals surface area contributed by atoms with Crippen molar-refractivity contribution in [2.24, 2.45) is 0 Å². The Morgan fingerprint density at radius 1 is 1.42 bits per heavy atom. The quantitative estimate of drug-likeness (QED) is 0.428. The second-order valence-electron chi connectivity index (χ2n) is 2.30. The number of aliphatic carboxylic acids is 1. The van der Waals surface area contributed by atoms with Crippen LogP contribution in [0.2, 0.25) is 0 Å². The Morgan fingerprint density at radius 2 is 2.00 bits per heavy atom. The van der Waals surface area contributed by atoms with E-state index in [2.05, 4.69) is 0 Å². The molecule has 0 radical (unpaired) electrons. The normalized spacial score (nSPS) is 16.8. The zero-order chi connectivity index (χ0) is 9.30. The topological polar surface area (TPSA) is 83.5 Å². The van der Waals surface area contributed by atoms with Gasteiger partial charge in [0.15, 0.2) is 0 Å². The Morgan fingerprint density at radius 3 is 2.33 bits per heavy atom. The number of carbonyl (C=O) groups excluding carboxylic acids is 2. The summed E-state index contributed by atoms with van der Waals surface area (Å²) in [5.41, 5.74) is -0.380. The summed E-state index contributed by atoms with van der Waals surface area (Å²) in [7, 11) is 0. The van der Waals surface area contributed by atoms with E-state index in [1.807, 2.05) is 5.32 Å². The van der Waals surface area contributed by atoms with E-state index in [4.69, 9.17) is 5.11 Å². The van der Waals surface area contributed by atoms with E-state index in [1.165, 1.54) is 0 Å². The fourth-order valence-electron chi connectivity index (χ4n) is 1.06. The Bertz CT molecular complexity index is 303. The SMILES string of the molecule is CCC1=C(C(=O)O)C(=O)NC1=O. The predicted molar refractivity (Wildman–Crippen MR) is 38.1 cm³/mol. The van der Waals surface area contributed by atoms with Gasteiger partial charge in [-0.15, -0.1) is 0 Å². The molecule has 0 aliphatic carbocycles. The zero-order valence-corrected chi connectivity index (χ0v) is 6.38. The second kappa shape index (κ2) is 2.77. The van der Waals surface area contributed by atoms with Gasteiger partial charge in [0.2, 0.25) is 0 Å². The van der Waals surface area contributed by atoms with Gasteiger partial charge in [0.05, 0.1) is 0 Å². The Labute approximate surface area is 68.1 Å². The van der Waals surface area contributed by atoms with Gasteiger partial charge in [0.1, 0.15) is 5.57 Å². The highest BCUT2D eigenvalue weighted by Crippen LogP contribution is 2.15. The third-order valence-electron chi connectivity index (χ3n) is 1.60. The summed E-state index contributed by atoms with van der Waals surface area (Å²) in [6.45, 7) is 1.62. The second-order valence-corrected chi connectivity index (χ2v) is 2.30. The van der Waals surface area contributed by atoms with Crippen LogP contribution in [0.5, 0.6) is 0 Å². The van der Waals surface area contributed by atoms with Crippen molar-refractivity contribution in [2.75, 3.05) is 0 Å². The molecule has 0 atom stereocenters. The first-order valence-corrected chi connectivity index (χ1v) is 3.40. The maximum absolute atomic E-state index is 10.9. The van der Waals surface area contributed by atoms with Gasteiger partial charge in [-0.1, -0.05) is 6.92 Å². The molecule has 2 N–H and O–H groups in total. The fourth-order valence-corrected chi connectivity index (χ4v) is 1.06. The molecule has 0 fully saturated rings. The first kappa shape index (κ1) is 8.45. The van der Waals surface area contributed by atoms with Gasteiger partial charge in [0, 0.05) is 5.57 Å². The smallest absolute Gasteiger partial charge is 0.341 e. The summed E-state index contributed by atoms with van der Waals surface area (Å²) in [6, 6.07) is 0. The summed E-state index contributed by atoms with van der Waals surface area (Å²) >= 11 is 0. The number of hydrogen-bond acceptors (Lipinski definition) is 3. The molecule has 1 rings (SSSR count). The molecule has 0 saturated carbocycles. The van der Waals surface area contributed by atoms with Crippen LogP contribution in [0, 0.1) is 0 Å². The van der Waals surface area contributed by atoms with Crippen LogP contribution in [0.15, 0.2) is 11.1 Å². The van der Waals surface area contributed by atoms with Gasteiger partial charge in [-0.05, 0) is 6.42 Å². The van der Waals surface area contributed by atoms with Gasteiger partial charge in [-0.2, -0.15) is 0 Å². The molecule has 0 saturated heterocycles. The molecular formula is C7H7NO4. The molecule has 64 valence electrons. The van der Waals surface area contributed by atoms with Crippen LogP contribution in [-0.4, -0.2) is 22.9 Å². The third kappa shape index (κ3) is 1.09. The zero-order valence-electron chi connectivity index (χ0n) is 6.38. The summed E-state index contributed by atoms with van der Waals surface area (Å²) in [5.74, 6) is -2.76. The largest absolute Gasteiger partial charge is 0.477 e. The van der Waals surface area contributed by atoms with Crippen LogP contribution in [0.3, 0.4) is 0 Å². The van der Waals surface area contributed by atoms with Crippen molar-refractivity contribution in [2.45, 2.75) is 13.3 Å². The molecule has 5 heteroatoms. The molecule has 0 aromatic carbocycles. The van der Waals surface area contributed by atoms with E-state index in [0.717, 1.165) is 0 Å². The van der Waals surface area contributed by atoms with E-state index in [-0.39, 0.29) is 12.0 Å². The fraction of sp³-hybridized carbons (Fsp3) is 0.286. The van der Waals surface area contributed by atoms with E-state index in [1.54, 1.807) is 6.92 Å². The Kier molecular flexibility index (Phi) is 1.95. The summed E-state index contributed by atoms with van der Waals surface area (Å²) in [4.78, 5) is 32.2. The number of nitrogens with one attached hydrogen (secondary N) is 1. The van der Waals surface area contributed by atoms with Gasteiger partial charge in [0.25, 0.3) is 11.8 Å². The van der Waals surface area contributed by atoms with Crippen LogP contribution in [0.4, 0.5) is 0 Å². The lowest BCUT2D eigenvalue weighted by Crippen LogP contribution is -2.24. The van der Waals surface area contributed by atoms with Gasteiger partial charge < -0.3 is 5.11 Å². The van der Waals surface area contributed by atoms with E-state index < -0.39 is 23.4 Å². The van der Waals surface area contributed by atoms with Crippen molar-refractivity contribution in [3.05, 3.63) is 11.1 Å². The molecule has 0 aromatic rings. The predicted octanol–water partition coefficient (Wildman–Crippen LogP) is -0.566. The van der Waals surface area contributed by atoms with Crippen LogP contribution in [0.25, 0.3) is 0 Å². The molecule has 1 aliphatic heterocycles. The van der Waals surface area contributed by atoms with E-state index in [0.29, 0.717) is 0 Å². The highest BCUT2D eigenvalue weighted by atomic mass is 16.4. The minimum atomic E-state index is -1.35. The lowest BCUT2D eigenvalue weighted by Gasteiger charge is -1.92. The Hall–Kier alpha value is -1.65. The minimum absolute atomic E-state index is 0.0486. The average molecular weight is 169 g/mol. The molecular weight excluding hydrogens is 162 g/mol. The molecule has 2 amide bonds. The molecule has 0 bridgehead atoms. The monoisotopic (exact) mass is 169 g/mol. The number of imide groups is 1. The van der Waals surface area contributed by atoms with Crippen LogP contribution >= 0.6 is 0 Å². The minimum Gasteiger partial charge on any atom is -0.477 e. The number of carboxylic acids is 1. The summed E-state index contributed by atoms with van der Waals surface area (Å²) in [6.07, 6.45) is 0.249. The molecule has 0 unspecified atom stereocenters. The standard InChI is InChI=1S/C7H7NO4/c1-2-3-4(7(11)12)6(10)8-5(3)9/h2H2,1H3,(H,11,12)(H,8,9,10). The maximum Gasteiger partial charge on any atom is 0.341 e. The number of hydrogen-bond donors (Lipinski definition) is 2. The Balaban J connectivity index is 3.18. The number of amides is 2. The number of carboxylic acid groups (broad SMARTS) is 1. The molecule has 5 nitrogen and oxygen atoms in total. The first-order chi connectivity index (χ1) is 5.57. The van der Waals surface area contributed by atoms with E-state index >= 15 is 0 Å². The third-order valence-corrected chi connectivity index (χ3v) is 1.60. The van der Waals surface area contributed by atoms with Crippen molar-refractivity contribution in [1.82, 2.24) is 5.32 Å². The molecule has 1 heterocycles. The summed E-state index contributed by atoms with van der Waals surface area (Å²) < 4.78 is 0. The van der Waals surface area contributed by atoms with Crippen molar-refractivity contribution in [1.29, 1.82) is 0 Å². The highest BCUT2D eigenvalue weighted by molar-refractivity contribution is 6.30. The van der Waals surface area contributed by atoms with Gasteiger partial charge >= 0.3 is 5.97 Å². The van der Waals surface area contributed by atoms with Crippen molar-refractivity contribution < 1.29 is 19.5 Å². The van der Waals surface area contributed by atoms with Crippen molar-refractivity contribution in [3.63, 3.8) is 0 Å². The molecule has 0 spiro atoms. The highest BCUT2D eigenvalue weighted by Gasteiger charge is 2.33. The van der Waals surface area contributed by atoms with E-state index in [9.17, 15) is 14.4 Å². The molecule has 1 aliphatic rings. The van der Waals surface area contributed by atoms with Gasteiger partial charge in [-0.3, -0.25) is 14.9 Å². The van der Waals surface area contributed by atoms with Crippen molar-refractivity contribution >= 4 is 17.8 Å². The summed E-state index contributed by atoms with van der Waals surface area (Å²) in [5, 5.41) is 10.4. The van der Waals surface area contributed by atoms with Crippen LogP contribution in [0.1, 0.15) is 13.3 Å². The van der Waals surface area contributed by atoms with Crippen molar-refractivity contribution in [3.8, 4) is 0 Å².